The summed E-state index contributed by atoms with van der Waals surface area (Å²) >= 11 is 0. The summed E-state index contributed by atoms with van der Waals surface area (Å²) in [4.78, 5) is 33.1. The molecule has 9 heteroatoms. The molecule has 3 heterocycles. The minimum atomic E-state index is -5.18. The van der Waals surface area contributed by atoms with Crippen LogP contribution in [-0.2, 0) is 11.2 Å². The Balaban J connectivity index is 1.48. The monoisotopic (exact) mass is 509 g/mol. The predicted octanol–water partition coefficient (Wildman–Crippen LogP) is 5.57. The third-order valence-corrected chi connectivity index (χ3v) is 6.91. The molecule has 3 aromatic rings. The molecule has 1 aromatic carbocycles. The first-order valence-corrected chi connectivity index (χ1v) is 12.4. The van der Waals surface area contributed by atoms with Crippen molar-refractivity contribution in [1.82, 2.24) is 15.0 Å². The fourth-order valence-corrected chi connectivity index (χ4v) is 5.12. The lowest BCUT2D eigenvalue weighted by Gasteiger charge is -2.23. The van der Waals surface area contributed by atoms with E-state index in [1.54, 1.807) is 12.1 Å². The number of nitrogens with one attached hydrogen (secondary N) is 1. The molecule has 1 aliphatic heterocycles. The fourth-order valence-electron chi connectivity index (χ4n) is 5.12. The van der Waals surface area contributed by atoms with E-state index >= 15 is 0 Å². The minimum Gasteiger partial charge on any atom is -0.352 e. The van der Waals surface area contributed by atoms with Crippen LogP contribution in [0.5, 0.6) is 0 Å². The van der Waals surface area contributed by atoms with Crippen LogP contribution in [0.3, 0.4) is 0 Å². The van der Waals surface area contributed by atoms with Gasteiger partial charge in [-0.25, -0.2) is 4.79 Å². The van der Waals surface area contributed by atoms with Crippen molar-refractivity contribution in [3.05, 3.63) is 76.7 Å². The molecule has 192 valence electrons. The lowest BCUT2D eigenvalue weighted by molar-refractivity contribution is -0.199. The van der Waals surface area contributed by atoms with Crippen molar-refractivity contribution in [2.75, 3.05) is 6.54 Å². The van der Waals surface area contributed by atoms with Crippen molar-refractivity contribution in [2.24, 2.45) is 0 Å². The van der Waals surface area contributed by atoms with Crippen LogP contribution in [0.25, 0.3) is 23.4 Å². The van der Waals surface area contributed by atoms with E-state index in [2.05, 4.69) is 28.5 Å². The molecule has 1 saturated carbocycles. The number of amides is 1. The molecule has 0 saturated heterocycles. The van der Waals surface area contributed by atoms with Gasteiger partial charge < -0.3 is 10.2 Å². The summed E-state index contributed by atoms with van der Waals surface area (Å²) in [6.45, 7) is 0.226. The Hall–Kier alpha value is -3.88. The molecule has 2 aliphatic rings. The first kappa shape index (κ1) is 24.8. The van der Waals surface area contributed by atoms with Crippen molar-refractivity contribution >= 4 is 24.0 Å². The van der Waals surface area contributed by atoms with Gasteiger partial charge in [0.15, 0.2) is 0 Å². The second-order valence-corrected chi connectivity index (χ2v) is 9.33. The highest BCUT2D eigenvalue weighted by Crippen LogP contribution is 2.35. The van der Waals surface area contributed by atoms with Gasteiger partial charge in [-0.3, -0.25) is 9.78 Å². The summed E-state index contributed by atoms with van der Waals surface area (Å²) in [6.07, 6.45) is 6.50. The highest BCUT2D eigenvalue weighted by atomic mass is 19.4. The van der Waals surface area contributed by atoms with Crippen molar-refractivity contribution < 1.29 is 27.6 Å². The van der Waals surface area contributed by atoms with E-state index in [4.69, 9.17) is 4.84 Å². The summed E-state index contributed by atoms with van der Waals surface area (Å²) in [7, 11) is 0. The van der Waals surface area contributed by atoms with Gasteiger partial charge in [0.1, 0.15) is 0 Å². The van der Waals surface area contributed by atoms with Gasteiger partial charge in [0, 0.05) is 24.7 Å². The van der Waals surface area contributed by atoms with Gasteiger partial charge in [-0.1, -0.05) is 49.6 Å². The van der Waals surface area contributed by atoms with Gasteiger partial charge in [-0.15, -0.1) is 0 Å². The number of pyridine rings is 1. The van der Waals surface area contributed by atoms with Crippen molar-refractivity contribution in [2.45, 2.75) is 50.6 Å². The Bertz CT molecular complexity index is 1350. The van der Waals surface area contributed by atoms with E-state index in [1.807, 2.05) is 18.2 Å². The van der Waals surface area contributed by atoms with Crippen LogP contribution in [0.2, 0.25) is 0 Å². The number of carbonyl (C=O) groups is 2. The molecule has 1 fully saturated rings. The maximum absolute atomic E-state index is 13.0. The van der Waals surface area contributed by atoms with Gasteiger partial charge in [-0.2, -0.15) is 17.9 Å². The maximum Gasteiger partial charge on any atom is 0.493 e. The third kappa shape index (κ3) is 5.30. The molecule has 0 atom stereocenters. The number of hydrogen-bond acceptors (Lipinski definition) is 4. The second kappa shape index (κ2) is 10.2. The summed E-state index contributed by atoms with van der Waals surface area (Å²) in [6, 6.07) is 13.0. The number of nitrogens with zero attached hydrogens (tertiary/aromatic N) is 2. The zero-order chi connectivity index (χ0) is 26.0. The van der Waals surface area contributed by atoms with Crippen LogP contribution in [-0.4, -0.2) is 34.3 Å². The van der Waals surface area contributed by atoms with Crippen LogP contribution in [0.1, 0.15) is 70.9 Å². The molecule has 37 heavy (non-hydrogen) atoms. The molecule has 0 unspecified atom stereocenters. The van der Waals surface area contributed by atoms with Crippen LogP contribution in [0.4, 0.5) is 13.2 Å². The molecular formula is C28H26F3N3O3. The average molecular weight is 510 g/mol. The fraction of sp³-hybridized carbons (Fsp3) is 0.321. The number of fused-ring (bicyclic) bond motifs is 1. The van der Waals surface area contributed by atoms with E-state index in [-0.39, 0.29) is 29.9 Å². The molecule has 6 nitrogen and oxygen atoms in total. The number of carbonyl (C=O) groups excluding carboxylic acids is 2. The molecule has 5 rings (SSSR count). The Kier molecular flexibility index (Phi) is 6.86. The first-order chi connectivity index (χ1) is 17.8. The van der Waals surface area contributed by atoms with Crippen molar-refractivity contribution in [3.8, 4) is 11.3 Å². The lowest BCUT2D eigenvalue weighted by atomic mass is 9.82. The Morgan fingerprint density at radius 2 is 1.86 bits per heavy atom. The van der Waals surface area contributed by atoms with Crippen molar-refractivity contribution in [1.29, 1.82) is 0 Å². The molecule has 1 amide bonds. The van der Waals surface area contributed by atoms with Gasteiger partial charge in [0.05, 0.1) is 22.6 Å². The molecule has 1 N–H and O–H groups in total. The predicted molar refractivity (Wildman–Crippen MR) is 133 cm³/mol. The molecular weight excluding hydrogens is 483 g/mol. The smallest absolute Gasteiger partial charge is 0.352 e. The van der Waals surface area contributed by atoms with Gasteiger partial charge in [0.2, 0.25) is 0 Å². The molecule has 0 radical (unpaired) electrons. The molecule has 0 spiro atoms. The largest absolute Gasteiger partial charge is 0.493 e. The number of alkyl halides is 3. The average Bonchev–Trinajstić information content (AvgIpc) is 3.27. The van der Waals surface area contributed by atoms with E-state index in [0.717, 1.165) is 10.3 Å². The van der Waals surface area contributed by atoms with Crippen LogP contribution < -0.4 is 10.2 Å². The number of hydrogen-bond donors (Lipinski definition) is 1. The highest BCUT2D eigenvalue weighted by Gasteiger charge is 2.43. The summed E-state index contributed by atoms with van der Waals surface area (Å²) < 4.78 is 39.8. The van der Waals surface area contributed by atoms with Gasteiger partial charge in [0.25, 0.3) is 5.91 Å². The zero-order valence-corrected chi connectivity index (χ0v) is 20.1. The van der Waals surface area contributed by atoms with E-state index < -0.39 is 18.1 Å². The third-order valence-electron chi connectivity index (χ3n) is 6.91. The van der Waals surface area contributed by atoms with E-state index in [0.29, 0.717) is 17.2 Å². The second-order valence-electron chi connectivity index (χ2n) is 9.33. The van der Waals surface area contributed by atoms with Gasteiger partial charge in [-0.05, 0) is 54.2 Å². The lowest BCUT2D eigenvalue weighted by Crippen LogP contribution is -2.37. The minimum absolute atomic E-state index is 0.166. The van der Waals surface area contributed by atoms with Gasteiger partial charge >= 0.3 is 12.1 Å². The van der Waals surface area contributed by atoms with Crippen LogP contribution in [0.15, 0.2) is 48.7 Å². The standard InChI is InChI=1S/C28H26F3N3O3/c29-28(30,31)27(36)37-34-24-13-15-33-26(35)23(24)17-25(34)20-12-14-32-21(16-20)11-10-19-8-4-5-9-22(19)18-6-2-1-3-7-18/h4-5,8-12,14,16-18H,1-3,6-7,13,15H2,(H,33,35). The Labute approximate surface area is 212 Å². The summed E-state index contributed by atoms with van der Waals surface area (Å²) in [5, 5.41) is 2.66. The number of halogens is 3. The SMILES string of the molecule is O=C1NCCc2c1cc(-c1ccnc(C=Cc3ccccc3C3CCCCC3)c1)n2OC(=O)C(F)(F)F. The van der Waals surface area contributed by atoms with Crippen LogP contribution in [0, 0.1) is 0 Å². The quantitative estimate of drug-likeness (QED) is 0.488. The Morgan fingerprint density at radius 1 is 1.08 bits per heavy atom. The topological polar surface area (TPSA) is 73.2 Å². The summed E-state index contributed by atoms with van der Waals surface area (Å²) in [5.74, 6) is -2.26. The van der Waals surface area contributed by atoms with E-state index in [9.17, 15) is 22.8 Å². The highest BCUT2D eigenvalue weighted by molar-refractivity contribution is 5.98. The molecule has 1 aliphatic carbocycles. The number of aromatic nitrogens is 2. The van der Waals surface area contributed by atoms with Crippen LogP contribution >= 0.6 is 0 Å². The number of rotatable bonds is 5. The normalized spacial score (nSPS) is 16.5. The molecule has 2 aromatic heterocycles. The van der Waals surface area contributed by atoms with Crippen molar-refractivity contribution in [3.63, 3.8) is 0 Å². The van der Waals surface area contributed by atoms with E-state index in [1.165, 1.54) is 49.9 Å². The Morgan fingerprint density at radius 3 is 2.65 bits per heavy atom. The zero-order valence-electron chi connectivity index (χ0n) is 20.1. The molecule has 0 bridgehead atoms. The number of benzene rings is 1. The first-order valence-electron chi connectivity index (χ1n) is 12.4. The maximum atomic E-state index is 13.0. The summed E-state index contributed by atoms with van der Waals surface area (Å²) in [5.41, 5.74) is 4.01.